The quantitative estimate of drug-likeness (QED) is 0.160. The first-order valence-electron chi connectivity index (χ1n) is 14.7. The number of amides is 2. The number of hydrogen-bond acceptors (Lipinski definition) is 10. The molecule has 1 saturated heterocycles. The molecule has 0 N–H and O–H groups in total. The van der Waals surface area contributed by atoms with Gasteiger partial charge in [-0.25, -0.2) is 19.3 Å². The Morgan fingerprint density at radius 3 is 1.89 bits per heavy atom. The molecule has 2 heterocycles. The molecule has 0 aliphatic carbocycles. The minimum atomic E-state index is -1.10. The van der Waals surface area contributed by atoms with Gasteiger partial charge in [0.05, 0.1) is 16.8 Å². The van der Waals surface area contributed by atoms with Crippen LogP contribution in [-0.4, -0.2) is 70.7 Å². The molecule has 0 radical (unpaired) electrons. The number of ether oxygens (including phenoxy) is 4. The van der Waals surface area contributed by atoms with Crippen molar-refractivity contribution in [3.05, 3.63) is 34.3 Å². The van der Waals surface area contributed by atoms with Crippen molar-refractivity contribution in [2.24, 2.45) is 0 Å². The van der Waals surface area contributed by atoms with Gasteiger partial charge in [0.15, 0.2) is 5.75 Å². The highest BCUT2D eigenvalue weighted by Gasteiger charge is 2.50. The molecule has 2 aliphatic heterocycles. The molecule has 3 rings (SSSR count). The molecule has 0 bridgehead atoms. The van der Waals surface area contributed by atoms with E-state index in [0.29, 0.717) is 5.56 Å². The number of carbonyl (C=O) groups excluding carboxylic acids is 4. The fourth-order valence-electron chi connectivity index (χ4n) is 4.41. The summed E-state index contributed by atoms with van der Waals surface area (Å²) in [5.41, 5.74) is -3.65. The van der Waals surface area contributed by atoms with Crippen molar-refractivity contribution < 1.29 is 47.4 Å². The zero-order valence-electron chi connectivity index (χ0n) is 28.3. The molecule has 1 fully saturated rings. The largest absolute Gasteiger partial charge is 0.514 e. The van der Waals surface area contributed by atoms with Gasteiger partial charge in [0.2, 0.25) is 0 Å². The summed E-state index contributed by atoms with van der Waals surface area (Å²) in [5.74, 6) is -0.328. The average Bonchev–Trinajstić information content (AvgIpc) is 3.00. The van der Waals surface area contributed by atoms with E-state index in [0.717, 1.165) is 4.90 Å². The lowest BCUT2D eigenvalue weighted by Crippen LogP contribution is -2.45. The van der Waals surface area contributed by atoms with E-state index in [-0.39, 0.29) is 35.4 Å². The molecule has 1 aromatic rings. The van der Waals surface area contributed by atoms with Crippen molar-refractivity contribution in [2.75, 3.05) is 6.54 Å². The van der Waals surface area contributed by atoms with Crippen LogP contribution in [0.25, 0.3) is 6.08 Å². The SMILES string of the molecule is CC(C)(C)OC(=O)Oc1c(/C=C/B2OC(C)(C)C(C)(C)O2)cc2c(c1C(=O)OC(C)(C)C)C(=O)N(C(=O)OC(C)(C)C)CC2. The number of imide groups is 1. The minimum Gasteiger partial charge on any atom is -0.456 e. The number of esters is 1. The number of carbonyl (C=O) groups is 4. The molecule has 0 spiro atoms. The standard InChI is InChI=1S/C32H46BNO10/c1-28(2,3)40-25(36)22-21-19(15-17-34(24(21)35)26(37)41-29(4,5)6)18-20(23(22)39-27(38)42-30(7,8)9)14-16-33-43-31(10,11)32(12,13)44-33/h14,16,18H,15,17H2,1-13H3/b16-14+. The van der Waals surface area contributed by atoms with Crippen LogP contribution in [0.2, 0.25) is 0 Å². The summed E-state index contributed by atoms with van der Waals surface area (Å²) in [5, 5.41) is 0. The molecule has 2 amide bonds. The van der Waals surface area contributed by atoms with E-state index in [2.05, 4.69) is 0 Å². The minimum absolute atomic E-state index is 0.0150. The number of nitrogens with zero attached hydrogens (tertiary/aromatic N) is 1. The Bertz CT molecular complexity index is 1340. The van der Waals surface area contributed by atoms with Crippen LogP contribution in [0.1, 0.15) is 122 Å². The highest BCUT2D eigenvalue weighted by molar-refractivity contribution is 6.52. The third kappa shape index (κ3) is 8.41. The van der Waals surface area contributed by atoms with Gasteiger partial charge in [-0.15, -0.1) is 0 Å². The normalized spacial score (nSPS) is 18.2. The Morgan fingerprint density at radius 1 is 0.864 bits per heavy atom. The van der Waals surface area contributed by atoms with E-state index < -0.39 is 59.2 Å². The number of benzene rings is 1. The van der Waals surface area contributed by atoms with Gasteiger partial charge in [0.25, 0.3) is 5.91 Å². The Kier molecular flexibility index (Phi) is 9.46. The monoisotopic (exact) mass is 615 g/mol. The van der Waals surface area contributed by atoms with Gasteiger partial charge in [0, 0.05) is 12.1 Å². The van der Waals surface area contributed by atoms with Crippen molar-refractivity contribution in [1.29, 1.82) is 0 Å². The fraction of sp³-hybridized carbons (Fsp3) is 0.625. The van der Waals surface area contributed by atoms with Gasteiger partial charge in [0.1, 0.15) is 22.4 Å². The summed E-state index contributed by atoms with van der Waals surface area (Å²) in [6.45, 7) is 22.7. The molecule has 242 valence electrons. The Labute approximate surface area is 260 Å². The van der Waals surface area contributed by atoms with Crippen LogP contribution in [0.15, 0.2) is 12.0 Å². The molecule has 2 aliphatic rings. The van der Waals surface area contributed by atoms with Crippen molar-refractivity contribution in [3.8, 4) is 5.75 Å². The highest BCUT2D eigenvalue weighted by Crippen LogP contribution is 2.39. The predicted octanol–water partition coefficient (Wildman–Crippen LogP) is 6.53. The van der Waals surface area contributed by atoms with Crippen LogP contribution >= 0.6 is 0 Å². The van der Waals surface area contributed by atoms with E-state index in [1.165, 1.54) is 0 Å². The fourth-order valence-corrected chi connectivity index (χ4v) is 4.41. The second kappa shape index (κ2) is 11.9. The average molecular weight is 616 g/mol. The van der Waals surface area contributed by atoms with Crippen LogP contribution in [0.3, 0.4) is 0 Å². The van der Waals surface area contributed by atoms with Crippen LogP contribution in [0, 0.1) is 0 Å². The molecular formula is C32H46BNO10. The number of rotatable bonds is 4. The molecule has 1 aromatic carbocycles. The second-order valence-electron chi connectivity index (χ2n) is 14.9. The highest BCUT2D eigenvalue weighted by atomic mass is 16.7. The summed E-state index contributed by atoms with van der Waals surface area (Å²) < 4.78 is 34.4. The van der Waals surface area contributed by atoms with Gasteiger partial charge in [-0.3, -0.25) is 4.79 Å². The van der Waals surface area contributed by atoms with E-state index in [1.807, 2.05) is 27.7 Å². The maximum Gasteiger partial charge on any atom is 0.514 e. The second-order valence-corrected chi connectivity index (χ2v) is 14.9. The third-order valence-electron chi connectivity index (χ3n) is 6.95. The third-order valence-corrected chi connectivity index (χ3v) is 6.95. The lowest BCUT2D eigenvalue weighted by atomic mass is 9.86. The summed E-state index contributed by atoms with van der Waals surface area (Å²) in [6.07, 6.45) is -0.150. The predicted molar refractivity (Wildman–Crippen MR) is 165 cm³/mol. The van der Waals surface area contributed by atoms with Gasteiger partial charge in [-0.05, 0) is 108 Å². The topological polar surface area (TPSA) is 127 Å². The summed E-state index contributed by atoms with van der Waals surface area (Å²) in [6, 6.07) is 1.63. The van der Waals surface area contributed by atoms with Crippen LogP contribution in [0.5, 0.6) is 5.75 Å². The molecule has 0 atom stereocenters. The first-order chi connectivity index (χ1) is 19.8. The first-order valence-corrected chi connectivity index (χ1v) is 14.7. The molecule has 0 saturated carbocycles. The van der Waals surface area contributed by atoms with Crippen LogP contribution < -0.4 is 4.74 Å². The smallest absolute Gasteiger partial charge is 0.456 e. The van der Waals surface area contributed by atoms with Gasteiger partial charge >= 0.3 is 25.3 Å². The van der Waals surface area contributed by atoms with Gasteiger partial charge < -0.3 is 28.3 Å². The van der Waals surface area contributed by atoms with Crippen molar-refractivity contribution in [1.82, 2.24) is 4.90 Å². The van der Waals surface area contributed by atoms with Crippen LogP contribution in [0.4, 0.5) is 9.59 Å². The van der Waals surface area contributed by atoms with E-state index in [4.69, 9.17) is 28.3 Å². The lowest BCUT2D eigenvalue weighted by molar-refractivity contribution is 0.00497. The molecule has 0 aromatic heterocycles. The van der Waals surface area contributed by atoms with Crippen LogP contribution in [-0.2, 0) is 29.9 Å². The van der Waals surface area contributed by atoms with Crippen molar-refractivity contribution in [3.63, 3.8) is 0 Å². The van der Waals surface area contributed by atoms with Gasteiger partial charge in [-0.2, -0.15) is 0 Å². The Morgan fingerprint density at radius 2 is 1.39 bits per heavy atom. The Hall–Kier alpha value is -3.38. The first kappa shape index (κ1) is 35.1. The van der Waals surface area contributed by atoms with Crippen molar-refractivity contribution in [2.45, 2.75) is 124 Å². The molecule has 44 heavy (non-hydrogen) atoms. The van der Waals surface area contributed by atoms with Gasteiger partial charge in [-0.1, -0.05) is 12.1 Å². The number of fused-ring (bicyclic) bond motifs is 1. The van der Waals surface area contributed by atoms with Crippen molar-refractivity contribution >= 4 is 37.3 Å². The van der Waals surface area contributed by atoms with E-state index in [1.54, 1.807) is 80.4 Å². The molecule has 11 nitrogen and oxygen atoms in total. The van der Waals surface area contributed by atoms with E-state index >= 15 is 0 Å². The molecular weight excluding hydrogens is 569 g/mol. The molecule has 0 unspecified atom stereocenters. The Balaban J connectivity index is 2.24. The molecule has 12 heteroatoms. The summed E-state index contributed by atoms with van der Waals surface area (Å²) in [4.78, 5) is 54.7. The maximum absolute atomic E-state index is 13.9. The zero-order valence-corrected chi connectivity index (χ0v) is 28.3. The van der Waals surface area contributed by atoms with E-state index in [9.17, 15) is 19.2 Å². The summed E-state index contributed by atoms with van der Waals surface area (Å²) >= 11 is 0. The summed E-state index contributed by atoms with van der Waals surface area (Å²) in [7, 11) is -0.750. The number of hydrogen-bond donors (Lipinski definition) is 0. The zero-order chi connectivity index (χ0) is 33.6. The lowest BCUT2D eigenvalue weighted by Gasteiger charge is -2.32. The maximum atomic E-state index is 13.9.